The van der Waals surface area contributed by atoms with Crippen LogP contribution in [0.2, 0.25) is 5.02 Å². The van der Waals surface area contributed by atoms with Crippen LogP contribution in [-0.4, -0.2) is 111 Å². The van der Waals surface area contributed by atoms with Crippen molar-refractivity contribution in [1.29, 1.82) is 0 Å². The second-order valence-corrected chi connectivity index (χ2v) is 14.9. The van der Waals surface area contributed by atoms with Gasteiger partial charge in [-0.05, 0) is 83.2 Å². The Morgan fingerprint density at radius 2 is 1.85 bits per heavy atom. The van der Waals surface area contributed by atoms with E-state index in [1.54, 1.807) is 63.5 Å². The molecule has 2 rings (SSSR count). The summed E-state index contributed by atoms with van der Waals surface area (Å²) in [4.78, 5) is 26.8. The molecule has 1 aliphatic heterocycles. The Morgan fingerprint density at radius 1 is 1.19 bits per heavy atom. The number of nitrogens with zero attached hydrogens (tertiary/aromatic N) is 1. The molecule has 12 heteroatoms. The van der Waals surface area contributed by atoms with Crippen LogP contribution in [0.5, 0.6) is 0 Å². The van der Waals surface area contributed by atoms with Gasteiger partial charge in [-0.25, -0.2) is 0 Å². The largest absolute Gasteiger partial charge is 0.457 e. The molecule has 0 spiro atoms. The Kier molecular flexibility index (Phi) is 18.7. The summed E-state index contributed by atoms with van der Waals surface area (Å²) >= 11 is 6.14. The van der Waals surface area contributed by atoms with Crippen LogP contribution in [0.3, 0.4) is 0 Å². The molecule has 0 aliphatic carbocycles. The lowest BCUT2D eigenvalue weighted by atomic mass is 9.88. The highest BCUT2D eigenvalue weighted by molar-refractivity contribution is 6.30. The minimum atomic E-state index is -1.49. The lowest BCUT2D eigenvalue weighted by molar-refractivity contribution is -0.157. The summed E-state index contributed by atoms with van der Waals surface area (Å²) in [5.74, 6) is -1.58. The van der Waals surface area contributed by atoms with Crippen molar-refractivity contribution in [2.75, 3.05) is 20.3 Å². The molecule has 0 amide bonds. The number of hydrogen-bond donors (Lipinski definition) is 4. The molecule has 0 aromatic heterocycles. The molecule has 4 N–H and O–H groups in total. The molecule has 10 unspecified atom stereocenters. The summed E-state index contributed by atoms with van der Waals surface area (Å²) in [6.07, 6.45) is 5.30. The molecular formula is C40H62ClNO10. The third-order valence-corrected chi connectivity index (χ3v) is 9.89. The molecule has 0 bridgehead atoms. The van der Waals surface area contributed by atoms with Gasteiger partial charge < -0.3 is 39.4 Å². The maximum atomic E-state index is 12.9. The predicted octanol–water partition coefficient (Wildman–Crippen LogP) is 5.31. The van der Waals surface area contributed by atoms with Gasteiger partial charge in [0.2, 0.25) is 0 Å². The summed E-state index contributed by atoms with van der Waals surface area (Å²) in [6.45, 7) is 14.5. The van der Waals surface area contributed by atoms with Crippen LogP contribution in [0.25, 0.3) is 0 Å². The Morgan fingerprint density at radius 3 is 2.42 bits per heavy atom. The Labute approximate surface area is 315 Å². The number of carbonyl (C=O) groups is 2. The number of allylic oxidation sites excluding steroid dienone is 2. The van der Waals surface area contributed by atoms with E-state index in [4.69, 9.17) is 30.5 Å². The van der Waals surface area contributed by atoms with Crippen LogP contribution in [0.4, 0.5) is 0 Å². The van der Waals surface area contributed by atoms with Crippen LogP contribution in [0.15, 0.2) is 60.2 Å². The van der Waals surface area contributed by atoms with Crippen LogP contribution >= 0.6 is 11.6 Å². The average molecular weight is 752 g/mol. The first-order valence-corrected chi connectivity index (χ1v) is 18.5. The van der Waals surface area contributed by atoms with E-state index >= 15 is 0 Å². The van der Waals surface area contributed by atoms with Crippen molar-refractivity contribution in [2.24, 2.45) is 5.92 Å². The van der Waals surface area contributed by atoms with Crippen LogP contribution in [0.1, 0.15) is 86.6 Å². The van der Waals surface area contributed by atoms with E-state index in [1.165, 1.54) is 13.8 Å². The molecule has 52 heavy (non-hydrogen) atoms. The molecule has 1 aromatic rings. The monoisotopic (exact) mass is 751 g/mol. The zero-order valence-electron chi connectivity index (χ0n) is 32.3. The summed E-state index contributed by atoms with van der Waals surface area (Å²) < 4.78 is 23.4. The zero-order valence-corrected chi connectivity index (χ0v) is 33.1. The second-order valence-electron chi connectivity index (χ2n) is 14.4. The summed E-state index contributed by atoms with van der Waals surface area (Å²) in [7, 11) is 1.64. The molecule has 1 aromatic carbocycles. The van der Waals surface area contributed by atoms with E-state index in [0.29, 0.717) is 17.1 Å². The third-order valence-electron chi connectivity index (χ3n) is 9.64. The molecule has 0 saturated carbocycles. The quantitative estimate of drug-likeness (QED) is 0.0988. The van der Waals surface area contributed by atoms with E-state index in [0.717, 1.165) is 12.0 Å². The van der Waals surface area contributed by atoms with Crippen molar-refractivity contribution in [1.82, 2.24) is 4.90 Å². The van der Waals surface area contributed by atoms with E-state index in [-0.39, 0.29) is 44.6 Å². The Bertz CT molecular complexity index is 1340. The standard InChI is InChI=1S/C40H62ClNO10/c1-10-34(49-9)28(4)50-29(5)38(42(22-23-43)25-31-14-16-32(41)17-15-31)40(8,48)20-11-12-26(2)37-27(3)13-18-35(51-30(6)44)39(7,47)21-19-33(45)24-36(46)52-37/h11-18,20,27-29,33-35,37-38,43,45,47-48H,10,19,21-25H2,1-9H3. The Balaban J connectivity index is 2.52. The number of halogens is 1. The molecule has 0 saturated heterocycles. The van der Waals surface area contributed by atoms with Gasteiger partial charge in [0.05, 0.1) is 49.1 Å². The average Bonchev–Trinajstić information content (AvgIpc) is 3.05. The summed E-state index contributed by atoms with van der Waals surface area (Å²) in [5.41, 5.74) is -1.38. The predicted molar refractivity (Wildman–Crippen MR) is 202 cm³/mol. The first kappa shape index (κ1) is 45.5. The number of aliphatic hydroxyl groups is 4. The molecule has 11 nitrogen and oxygen atoms in total. The minimum absolute atomic E-state index is 0.0930. The number of hydrogen-bond acceptors (Lipinski definition) is 11. The number of cyclic esters (lactones) is 1. The lowest BCUT2D eigenvalue weighted by Crippen LogP contribution is -2.57. The van der Waals surface area contributed by atoms with Gasteiger partial charge in [-0.15, -0.1) is 0 Å². The third kappa shape index (κ3) is 14.3. The number of ether oxygens (including phenoxy) is 4. The van der Waals surface area contributed by atoms with Gasteiger partial charge in [-0.2, -0.15) is 0 Å². The van der Waals surface area contributed by atoms with Gasteiger partial charge in [0, 0.05) is 38.1 Å². The SMILES string of the molecule is CCC(OC)C(C)OC(C)C(N(CCO)Cc1ccc(Cl)cc1)C(C)(O)C=CC=C(C)C1OC(=O)CC(O)CCC(C)(O)C(OC(C)=O)C=CC1C. The number of esters is 2. The number of methoxy groups -OCH3 is 1. The van der Waals surface area contributed by atoms with Crippen LogP contribution in [-0.2, 0) is 35.1 Å². The topological polar surface area (TPSA) is 155 Å². The van der Waals surface area contributed by atoms with Gasteiger partial charge in [-0.1, -0.05) is 61.9 Å². The van der Waals surface area contributed by atoms with E-state index in [2.05, 4.69) is 0 Å². The van der Waals surface area contributed by atoms with Gasteiger partial charge in [0.25, 0.3) is 0 Å². The van der Waals surface area contributed by atoms with Gasteiger partial charge in [0.1, 0.15) is 17.8 Å². The highest BCUT2D eigenvalue weighted by atomic mass is 35.5. The van der Waals surface area contributed by atoms with Crippen molar-refractivity contribution in [3.05, 3.63) is 70.8 Å². The molecule has 1 heterocycles. The number of carbonyl (C=O) groups excluding carboxylic acids is 2. The number of aliphatic hydroxyl groups excluding tert-OH is 2. The highest BCUT2D eigenvalue weighted by Gasteiger charge is 2.40. The Hall–Kier alpha value is -2.61. The minimum Gasteiger partial charge on any atom is -0.457 e. The maximum Gasteiger partial charge on any atom is 0.309 e. The van der Waals surface area contributed by atoms with Gasteiger partial charge in [0.15, 0.2) is 0 Å². The zero-order chi connectivity index (χ0) is 39.2. The fourth-order valence-electron chi connectivity index (χ4n) is 6.82. The first-order chi connectivity index (χ1) is 24.3. The van der Waals surface area contributed by atoms with Crippen molar-refractivity contribution in [2.45, 2.75) is 141 Å². The molecule has 294 valence electrons. The maximum absolute atomic E-state index is 12.9. The normalized spacial score (nSPS) is 27.2. The molecular weight excluding hydrogens is 690 g/mol. The smallest absolute Gasteiger partial charge is 0.309 e. The molecule has 10 atom stereocenters. The van der Waals surface area contributed by atoms with E-state index in [9.17, 15) is 30.0 Å². The van der Waals surface area contributed by atoms with Crippen molar-refractivity contribution < 1.29 is 49.0 Å². The molecule has 1 aliphatic rings. The van der Waals surface area contributed by atoms with E-state index in [1.807, 2.05) is 44.7 Å². The second kappa shape index (κ2) is 21.3. The number of benzene rings is 1. The van der Waals surface area contributed by atoms with Crippen molar-refractivity contribution >= 4 is 23.5 Å². The van der Waals surface area contributed by atoms with Crippen molar-refractivity contribution in [3.63, 3.8) is 0 Å². The lowest BCUT2D eigenvalue weighted by Gasteiger charge is -2.44. The first-order valence-electron chi connectivity index (χ1n) is 18.2. The van der Waals surface area contributed by atoms with Gasteiger partial charge >= 0.3 is 11.9 Å². The molecule has 0 radical (unpaired) electrons. The number of rotatable bonds is 16. The fraction of sp³-hybridized carbons (Fsp3) is 0.650. The van der Waals surface area contributed by atoms with Crippen LogP contribution in [0, 0.1) is 5.92 Å². The van der Waals surface area contributed by atoms with Gasteiger partial charge in [-0.3, -0.25) is 14.5 Å². The summed E-state index contributed by atoms with van der Waals surface area (Å²) in [6, 6.07) is 6.77. The van der Waals surface area contributed by atoms with Crippen LogP contribution < -0.4 is 0 Å². The fourth-order valence-corrected chi connectivity index (χ4v) is 6.95. The highest BCUT2D eigenvalue weighted by Crippen LogP contribution is 2.29. The van der Waals surface area contributed by atoms with E-state index < -0.39 is 59.5 Å². The molecule has 0 fully saturated rings. The summed E-state index contributed by atoms with van der Waals surface area (Å²) in [5, 5.41) is 44.6. The van der Waals surface area contributed by atoms with Crippen molar-refractivity contribution in [3.8, 4) is 0 Å².